The van der Waals surface area contributed by atoms with E-state index >= 15 is 0 Å². The van der Waals surface area contributed by atoms with E-state index in [0.29, 0.717) is 0 Å². The molecule has 0 bridgehead atoms. The van der Waals surface area contributed by atoms with Crippen molar-refractivity contribution in [2.24, 2.45) is 0 Å². The molecule has 11 nitrogen and oxygen atoms in total. The van der Waals surface area contributed by atoms with E-state index in [9.17, 15) is 0 Å². The van der Waals surface area contributed by atoms with E-state index in [4.69, 9.17) is 4.98 Å². The fraction of sp³-hybridized carbons (Fsp3) is 0.672. The van der Waals surface area contributed by atoms with Crippen LogP contribution >= 0.6 is 0 Å². The van der Waals surface area contributed by atoms with Gasteiger partial charge in [-0.25, -0.2) is 44.4 Å². The maximum absolute atomic E-state index is 4.77. The summed E-state index contributed by atoms with van der Waals surface area (Å²) in [5.74, 6) is 4.36. The van der Waals surface area contributed by atoms with Crippen molar-refractivity contribution in [3.63, 3.8) is 0 Å². The molecule has 0 aromatic carbocycles. The second kappa shape index (κ2) is 28.0. The zero-order chi connectivity index (χ0) is 55.2. The van der Waals surface area contributed by atoms with Gasteiger partial charge in [-0.2, -0.15) is 5.10 Å². The van der Waals surface area contributed by atoms with Crippen LogP contribution in [0.15, 0.2) is 48.9 Å². The van der Waals surface area contributed by atoms with Gasteiger partial charge in [-0.15, -0.1) is 0 Å². The molecule has 6 rings (SSSR count). The minimum atomic E-state index is -0.0516. The van der Waals surface area contributed by atoms with Gasteiger partial charge in [-0.1, -0.05) is 223 Å². The van der Waals surface area contributed by atoms with E-state index < -0.39 is 0 Å². The van der Waals surface area contributed by atoms with Crippen molar-refractivity contribution >= 4 is 16.7 Å². The largest absolute Gasteiger partial charge is 0.253 e. The summed E-state index contributed by atoms with van der Waals surface area (Å²) < 4.78 is 1.94. The first-order valence-electron chi connectivity index (χ1n) is 25.8. The third-order valence-electron chi connectivity index (χ3n) is 9.92. The lowest BCUT2D eigenvalue weighted by atomic mass is 9.86. The van der Waals surface area contributed by atoms with Crippen LogP contribution in [0.25, 0.3) is 16.7 Å². The molecule has 6 aromatic heterocycles. The van der Waals surface area contributed by atoms with Gasteiger partial charge in [0.25, 0.3) is 0 Å². The van der Waals surface area contributed by atoms with Gasteiger partial charge >= 0.3 is 0 Å². The summed E-state index contributed by atoms with van der Waals surface area (Å²) in [7, 11) is 0. The Hall–Kier alpha value is -4.80. The molecule has 0 atom stereocenters. The van der Waals surface area contributed by atoms with Crippen molar-refractivity contribution in [3.05, 3.63) is 101 Å². The maximum Gasteiger partial charge on any atom is 0.155 e. The van der Waals surface area contributed by atoms with E-state index in [1.54, 1.807) is 6.20 Å². The molecule has 0 unspecified atom stereocenters. The maximum atomic E-state index is 4.77. The number of pyridine rings is 1. The van der Waals surface area contributed by atoms with Crippen molar-refractivity contribution in [1.29, 1.82) is 0 Å². The molecule has 0 radical (unpaired) electrons. The summed E-state index contributed by atoms with van der Waals surface area (Å²) in [6, 6.07) is 10.1. The van der Waals surface area contributed by atoms with Gasteiger partial charge in [-0.3, -0.25) is 4.98 Å². The first-order chi connectivity index (χ1) is 31.7. The van der Waals surface area contributed by atoms with Gasteiger partial charge in [-0.05, 0) is 31.2 Å². The third-order valence-corrected chi connectivity index (χ3v) is 9.92. The lowest BCUT2D eigenvalue weighted by Crippen LogP contribution is -2.24. The zero-order valence-corrected chi connectivity index (χ0v) is 50.5. The van der Waals surface area contributed by atoms with Crippen LogP contribution in [0.1, 0.15) is 274 Å². The monoisotopic (exact) mass is 996 g/mol. The molecule has 0 aliphatic heterocycles. The molecule has 0 fully saturated rings. The van der Waals surface area contributed by atoms with E-state index in [2.05, 4.69) is 217 Å². The standard InChI is InChI=1S/C15H21N3.C14H21N3.C12H21N3.C12H20N2.3C2H6.2CH4/c1-14(2,3)12-11-10(8-7-9-16-11)17-13(18-12)15(4,5)6;1-13(2,3)10-9-11(14(4,5)6)17-12(16-10)7-8-15-17;1-8-13-9(11(2,3)4)15-10(14-8)12(5,6)7;1-11(2,3)9-7-8-13-10(14-9)12(4,5)6;3*1-2;;/h7-9H,1-6H3;7-9H,1-6H3;1-7H3;7-8H,1-6H3;3*1-2H3;2*1H4. The van der Waals surface area contributed by atoms with Crippen LogP contribution in [0.3, 0.4) is 0 Å². The molecule has 408 valence electrons. The lowest BCUT2D eigenvalue weighted by molar-refractivity contribution is 0.491. The molecule has 6 aromatic rings. The molecule has 6 heterocycles. The van der Waals surface area contributed by atoms with Gasteiger partial charge in [0.05, 0.1) is 28.8 Å². The molecule has 0 aliphatic carbocycles. The molecule has 0 N–H and O–H groups in total. The minimum absolute atomic E-state index is 0. The van der Waals surface area contributed by atoms with E-state index in [-0.39, 0.29) is 58.2 Å². The van der Waals surface area contributed by atoms with Crippen molar-refractivity contribution in [2.45, 2.75) is 273 Å². The highest BCUT2D eigenvalue weighted by atomic mass is 15.3. The number of rotatable bonds is 0. The van der Waals surface area contributed by atoms with Crippen LogP contribution in [0.2, 0.25) is 0 Å². The molecule has 11 heteroatoms. The highest BCUT2D eigenvalue weighted by Gasteiger charge is 2.28. The summed E-state index contributed by atoms with van der Waals surface area (Å²) in [6.07, 6.45) is 5.47. The topological polar surface area (TPSA) is 133 Å². The quantitative estimate of drug-likeness (QED) is 0.145. The van der Waals surface area contributed by atoms with Gasteiger partial charge in [0.15, 0.2) is 5.65 Å². The number of nitrogens with zero attached hydrogens (tertiary/aromatic N) is 11. The van der Waals surface area contributed by atoms with Crippen LogP contribution in [-0.2, 0) is 43.3 Å². The summed E-state index contributed by atoms with van der Waals surface area (Å²) >= 11 is 0. The number of hydrogen-bond donors (Lipinski definition) is 0. The number of hydrogen-bond acceptors (Lipinski definition) is 10. The Bertz CT molecular complexity index is 2420. The average Bonchev–Trinajstić information content (AvgIpc) is 3.72. The van der Waals surface area contributed by atoms with E-state index in [0.717, 1.165) is 62.9 Å². The highest BCUT2D eigenvalue weighted by Crippen LogP contribution is 2.31. The van der Waals surface area contributed by atoms with Crippen molar-refractivity contribution in [3.8, 4) is 0 Å². The summed E-state index contributed by atoms with van der Waals surface area (Å²) in [6.45, 7) is 65.6. The van der Waals surface area contributed by atoms with Crippen molar-refractivity contribution < 1.29 is 0 Å². The second-order valence-electron chi connectivity index (χ2n) is 25.2. The Morgan fingerprint density at radius 3 is 1.22 bits per heavy atom. The van der Waals surface area contributed by atoms with Crippen LogP contribution in [-0.4, -0.2) is 54.5 Å². The van der Waals surface area contributed by atoms with Crippen molar-refractivity contribution in [1.82, 2.24) is 54.5 Å². The zero-order valence-electron chi connectivity index (χ0n) is 50.5. The first-order valence-corrected chi connectivity index (χ1v) is 25.8. The second-order valence-corrected chi connectivity index (χ2v) is 25.2. The van der Waals surface area contributed by atoms with Gasteiger partial charge in [0.2, 0.25) is 0 Å². The van der Waals surface area contributed by atoms with Gasteiger partial charge in [0.1, 0.15) is 34.6 Å². The Morgan fingerprint density at radius 1 is 0.375 bits per heavy atom. The van der Waals surface area contributed by atoms with Crippen LogP contribution in [0.5, 0.6) is 0 Å². The number of fused-ring (bicyclic) bond motifs is 2. The fourth-order valence-corrected chi connectivity index (χ4v) is 5.95. The Kier molecular flexibility index (Phi) is 27.8. The molecule has 0 spiro atoms. The minimum Gasteiger partial charge on any atom is -0.253 e. The summed E-state index contributed by atoms with van der Waals surface area (Å²) in [5, 5.41) is 4.36. The smallest absolute Gasteiger partial charge is 0.155 e. The predicted octanol–water partition coefficient (Wildman–Crippen LogP) is 17.1. The molecule has 0 saturated heterocycles. The summed E-state index contributed by atoms with van der Waals surface area (Å²) in [5.41, 5.74) is 7.37. The van der Waals surface area contributed by atoms with Crippen LogP contribution in [0.4, 0.5) is 0 Å². The molecule has 0 amide bonds. The van der Waals surface area contributed by atoms with Gasteiger partial charge in [0, 0.05) is 67.5 Å². The Balaban J connectivity index is -0.000000846. The van der Waals surface area contributed by atoms with E-state index in [1.165, 1.54) is 5.69 Å². The lowest BCUT2D eigenvalue weighted by Gasteiger charge is -2.24. The van der Waals surface area contributed by atoms with Crippen LogP contribution < -0.4 is 0 Å². The molecular weight excluding hydrogens is 887 g/mol. The predicted molar refractivity (Wildman–Crippen MR) is 314 cm³/mol. The van der Waals surface area contributed by atoms with Crippen LogP contribution in [0, 0.1) is 6.92 Å². The highest BCUT2D eigenvalue weighted by molar-refractivity contribution is 5.77. The third kappa shape index (κ3) is 22.1. The fourth-order valence-electron chi connectivity index (χ4n) is 5.95. The Morgan fingerprint density at radius 2 is 0.819 bits per heavy atom. The SMILES string of the molecule is C.C.CC.CC.CC.CC(C)(C)c1cc(C(C)(C)C)n2nccc2n1.CC(C)(C)c1ccnc(C(C)(C)C)n1.CC(C)(C)c1nc(C(C)(C)C)c2ncccc2n1.Cc1nc(C(C)(C)C)nc(C(C)(C)C)n1. The van der Waals surface area contributed by atoms with E-state index in [1.807, 2.05) is 89.6 Å². The normalized spacial score (nSPS) is 11.9. The molecule has 0 saturated carbocycles. The summed E-state index contributed by atoms with van der Waals surface area (Å²) in [4.78, 5) is 40.8. The average molecular weight is 997 g/mol. The van der Waals surface area contributed by atoms with Crippen molar-refractivity contribution in [2.75, 3.05) is 0 Å². The molecule has 0 aliphatic rings. The Labute approximate surface area is 443 Å². The molecular formula is C61H109N11. The number of aromatic nitrogens is 11. The first kappa shape index (κ1) is 71.5. The molecule has 72 heavy (non-hydrogen) atoms. The van der Waals surface area contributed by atoms with Gasteiger partial charge < -0.3 is 0 Å². The number of aryl methyl sites for hydroxylation is 1.